The first kappa shape index (κ1) is 12.0. The van der Waals surface area contributed by atoms with Gasteiger partial charge in [-0.25, -0.2) is 9.97 Å². The van der Waals surface area contributed by atoms with Crippen LogP contribution in [0.3, 0.4) is 0 Å². The highest BCUT2D eigenvalue weighted by Crippen LogP contribution is 2.14. The highest BCUT2D eigenvalue weighted by molar-refractivity contribution is 5.81. The van der Waals surface area contributed by atoms with Crippen LogP contribution in [0.1, 0.15) is 20.3 Å². The molecule has 0 amide bonds. The quantitative estimate of drug-likeness (QED) is 0.677. The molecule has 3 N–H and O–H groups in total. The fraction of sp³-hybridized carbons (Fsp3) is 0.273. The maximum atomic E-state index is 5.75. The van der Waals surface area contributed by atoms with Gasteiger partial charge in [-0.15, -0.1) is 0 Å². The third kappa shape index (κ3) is 2.29. The molecule has 3 rings (SSSR count). The van der Waals surface area contributed by atoms with E-state index in [-0.39, 0.29) is 0 Å². The molecular weight excluding hydrogens is 230 g/mol. The zero-order chi connectivity index (χ0) is 13.0. The second kappa shape index (κ2) is 5.26. The predicted octanol–water partition coefficient (Wildman–Crippen LogP) is 1.54. The topological polar surface area (TPSA) is 98.3 Å². The summed E-state index contributed by atoms with van der Waals surface area (Å²) in [5, 5.41) is 0. The Bertz CT molecular complexity index is 611. The van der Waals surface area contributed by atoms with Gasteiger partial charge in [0.1, 0.15) is 11.8 Å². The van der Waals surface area contributed by atoms with Crippen molar-refractivity contribution < 1.29 is 0 Å². The first-order valence-corrected chi connectivity index (χ1v) is 5.71. The average Bonchev–Trinajstić information content (AvgIpc) is 3.01. The Hall–Kier alpha value is -2.44. The van der Waals surface area contributed by atoms with Gasteiger partial charge in [-0.05, 0) is 0 Å². The number of anilines is 1. The van der Waals surface area contributed by atoms with Crippen molar-refractivity contribution in [3.63, 3.8) is 0 Å². The molecule has 7 nitrogen and oxygen atoms in total. The Morgan fingerprint density at radius 3 is 2.78 bits per heavy atom. The van der Waals surface area contributed by atoms with Crippen molar-refractivity contribution in [3.8, 4) is 5.95 Å². The van der Waals surface area contributed by atoms with Crippen molar-refractivity contribution in [2.45, 2.75) is 20.3 Å². The van der Waals surface area contributed by atoms with Crippen LogP contribution in [0.4, 0.5) is 5.82 Å². The van der Waals surface area contributed by atoms with Gasteiger partial charge in [0.05, 0.1) is 6.33 Å². The molecule has 0 fully saturated rings. The molecule has 7 heteroatoms. The number of nitrogens with one attached hydrogen (secondary N) is 1. The molecule has 3 aromatic rings. The Labute approximate surface area is 104 Å². The second-order valence-corrected chi connectivity index (χ2v) is 3.69. The summed E-state index contributed by atoms with van der Waals surface area (Å²) in [6, 6.07) is 0. The Kier molecular flexibility index (Phi) is 3.52. The number of H-pyrrole nitrogens is 1. The number of hydrogen-bond donors (Lipinski definition) is 2. The van der Waals surface area contributed by atoms with E-state index in [1.54, 1.807) is 23.3 Å². The van der Waals surface area contributed by atoms with Crippen molar-refractivity contribution in [2.75, 3.05) is 5.73 Å². The van der Waals surface area contributed by atoms with Crippen molar-refractivity contribution >= 4 is 17.0 Å². The maximum absolute atomic E-state index is 5.75. The fourth-order valence-electron chi connectivity index (χ4n) is 1.34. The molecule has 0 saturated heterocycles. The van der Waals surface area contributed by atoms with Crippen molar-refractivity contribution in [2.24, 2.45) is 0 Å². The summed E-state index contributed by atoms with van der Waals surface area (Å²) in [6.45, 7) is 4.25. The average molecular weight is 245 g/mol. The fourth-order valence-corrected chi connectivity index (χ4v) is 1.34. The molecule has 0 aliphatic heterocycles. The van der Waals surface area contributed by atoms with Crippen LogP contribution in [0, 0.1) is 0 Å². The molecule has 0 atom stereocenters. The van der Waals surface area contributed by atoms with Crippen molar-refractivity contribution in [3.05, 3.63) is 25.0 Å². The van der Waals surface area contributed by atoms with Gasteiger partial charge < -0.3 is 10.7 Å². The first-order valence-electron chi connectivity index (χ1n) is 5.71. The lowest BCUT2D eigenvalue weighted by atomic mass is 10.5. The summed E-state index contributed by atoms with van der Waals surface area (Å²) in [7, 11) is 0. The van der Waals surface area contributed by atoms with Gasteiger partial charge in [-0.3, -0.25) is 4.57 Å². The van der Waals surface area contributed by atoms with E-state index in [4.69, 9.17) is 5.73 Å². The Balaban J connectivity index is 0.000000367. The molecule has 0 bridgehead atoms. The summed E-state index contributed by atoms with van der Waals surface area (Å²) >= 11 is 0. The lowest BCUT2D eigenvalue weighted by molar-refractivity contribution is 0.940. The number of hydrogen-bond acceptors (Lipinski definition) is 5. The molecule has 0 unspecified atom stereocenters. The third-order valence-corrected chi connectivity index (χ3v) is 2.04. The number of nitrogens with two attached hydrogens (primary N) is 1. The van der Waals surface area contributed by atoms with Gasteiger partial charge in [-0.1, -0.05) is 20.3 Å². The van der Waals surface area contributed by atoms with Crippen LogP contribution in [0.5, 0.6) is 0 Å². The molecule has 0 aliphatic carbocycles. The minimum absolute atomic E-state index is 0.376. The van der Waals surface area contributed by atoms with Crippen LogP contribution in [0.15, 0.2) is 25.0 Å². The first-order chi connectivity index (χ1) is 8.76. The van der Waals surface area contributed by atoms with Crippen LogP contribution in [0.2, 0.25) is 0 Å². The summed E-state index contributed by atoms with van der Waals surface area (Å²) in [4.78, 5) is 19.2. The third-order valence-electron chi connectivity index (χ3n) is 2.04. The van der Waals surface area contributed by atoms with Gasteiger partial charge in [0.2, 0.25) is 5.95 Å². The molecule has 94 valence electrons. The van der Waals surface area contributed by atoms with Crippen LogP contribution in [-0.4, -0.2) is 29.5 Å². The highest BCUT2D eigenvalue weighted by atomic mass is 15.2. The summed E-state index contributed by atoms with van der Waals surface area (Å²) in [6.07, 6.45) is 7.78. The number of aromatic amines is 1. The maximum Gasteiger partial charge on any atom is 0.239 e. The SMILES string of the molecule is CCC.Nc1nc(-n2ccnc2)nc2nc[nH]c12. The number of nitrogens with zero attached hydrogens (tertiary/aromatic N) is 5. The predicted molar refractivity (Wildman–Crippen MR) is 69.2 cm³/mol. The monoisotopic (exact) mass is 245 g/mol. The van der Waals surface area contributed by atoms with Crippen LogP contribution < -0.4 is 5.73 Å². The zero-order valence-corrected chi connectivity index (χ0v) is 10.3. The molecule has 0 aromatic carbocycles. The number of rotatable bonds is 1. The van der Waals surface area contributed by atoms with E-state index < -0.39 is 0 Å². The van der Waals surface area contributed by atoms with Crippen molar-refractivity contribution in [1.82, 2.24) is 29.5 Å². The van der Waals surface area contributed by atoms with Crippen LogP contribution >= 0.6 is 0 Å². The summed E-state index contributed by atoms with van der Waals surface area (Å²) in [5.41, 5.74) is 6.95. The molecular formula is C11H15N7. The molecule has 3 heterocycles. The zero-order valence-electron chi connectivity index (χ0n) is 10.3. The number of imidazole rings is 2. The Morgan fingerprint density at radius 2 is 2.11 bits per heavy atom. The Morgan fingerprint density at radius 1 is 1.33 bits per heavy atom. The minimum Gasteiger partial charge on any atom is -0.382 e. The van der Waals surface area contributed by atoms with E-state index in [2.05, 4.69) is 38.8 Å². The van der Waals surface area contributed by atoms with E-state index >= 15 is 0 Å². The van der Waals surface area contributed by atoms with E-state index in [0.717, 1.165) is 0 Å². The normalized spacial score (nSPS) is 10.1. The lowest BCUT2D eigenvalue weighted by Gasteiger charge is -2.00. The van der Waals surface area contributed by atoms with Crippen LogP contribution in [0.25, 0.3) is 17.1 Å². The van der Waals surface area contributed by atoms with Gasteiger partial charge in [-0.2, -0.15) is 9.97 Å². The minimum atomic E-state index is 0.376. The van der Waals surface area contributed by atoms with Crippen LogP contribution in [-0.2, 0) is 0 Å². The smallest absolute Gasteiger partial charge is 0.239 e. The van der Waals surface area contributed by atoms with Gasteiger partial charge in [0.15, 0.2) is 11.5 Å². The number of aromatic nitrogens is 6. The van der Waals surface area contributed by atoms with E-state index in [1.807, 2.05) is 0 Å². The van der Waals surface area contributed by atoms with E-state index in [9.17, 15) is 0 Å². The second-order valence-electron chi connectivity index (χ2n) is 3.69. The molecule has 0 saturated carbocycles. The lowest BCUT2D eigenvalue weighted by Crippen LogP contribution is -2.02. The van der Waals surface area contributed by atoms with E-state index in [0.29, 0.717) is 22.9 Å². The standard InChI is InChI=1S/C8H7N7.C3H8/c9-6-5-7(12-3-11-5)14-8(13-6)15-2-1-10-4-15;1-3-2/h1-4H,(H3,9,11,12,13,14);3H2,1-2H3. The summed E-state index contributed by atoms with van der Waals surface area (Å²) < 4.78 is 1.67. The number of fused-ring (bicyclic) bond motifs is 1. The van der Waals surface area contributed by atoms with Gasteiger partial charge in [0.25, 0.3) is 0 Å². The molecule has 0 radical (unpaired) electrons. The molecule has 18 heavy (non-hydrogen) atoms. The van der Waals surface area contributed by atoms with E-state index in [1.165, 1.54) is 12.7 Å². The van der Waals surface area contributed by atoms with Gasteiger partial charge >= 0.3 is 0 Å². The number of nitrogen functional groups attached to an aromatic ring is 1. The molecule has 3 aromatic heterocycles. The largest absolute Gasteiger partial charge is 0.382 e. The molecule has 0 spiro atoms. The van der Waals surface area contributed by atoms with Gasteiger partial charge in [0, 0.05) is 12.4 Å². The highest BCUT2D eigenvalue weighted by Gasteiger charge is 2.07. The van der Waals surface area contributed by atoms with Crippen molar-refractivity contribution in [1.29, 1.82) is 0 Å². The molecule has 0 aliphatic rings. The summed E-state index contributed by atoms with van der Waals surface area (Å²) in [5.74, 6) is 0.839.